The Kier molecular flexibility index (Phi) is 6.97. The zero-order valence-corrected chi connectivity index (χ0v) is 18.3. The van der Waals surface area contributed by atoms with E-state index in [0.29, 0.717) is 45.0 Å². The smallest absolute Gasteiger partial charge is 0.293 e. The highest BCUT2D eigenvalue weighted by molar-refractivity contribution is 9.10. The SMILES string of the molecule is CCCN1C(=O)S/C(=C/c2cc(OC)c(OCc3cccc(F)c3)cc2Br)C1=O. The largest absolute Gasteiger partial charge is 0.493 e. The molecule has 1 fully saturated rings. The van der Waals surface area contributed by atoms with Crippen LogP contribution in [0, 0.1) is 5.82 Å². The zero-order chi connectivity index (χ0) is 21.0. The first-order valence-electron chi connectivity index (χ1n) is 8.93. The first-order chi connectivity index (χ1) is 13.9. The lowest BCUT2D eigenvalue weighted by Crippen LogP contribution is -2.28. The second kappa shape index (κ2) is 9.45. The number of hydrogen-bond acceptors (Lipinski definition) is 5. The molecule has 1 heterocycles. The van der Waals surface area contributed by atoms with Crippen LogP contribution in [-0.2, 0) is 11.4 Å². The average molecular weight is 480 g/mol. The van der Waals surface area contributed by atoms with Crippen LogP contribution in [0.1, 0.15) is 24.5 Å². The number of carbonyl (C=O) groups excluding carboxylic acids is 2. The molecular weight excluding hydrogens is 461 g/mol. The van der Waals surface area contributed by atoms with Crippen molar-refractivity contribution in [2.24, 2.45) is 0 Å². The summed E-state index contributed by atoms with van der Waals surface area (Å²) in [6.45, 7) is 2.49. The van der Waals surface area contributed by atoms with E-state index in [1.807, 2.05) is 6.92 Å². The van der Waals surface area contributed by atoms with Crippen LogP contribution in [0.2, 0.25) is 0 Å². The minimum atomic E-state index is -0.327. The van der Waals surface area contributed by atoms with Gasteiger partial charge in [0.2, 0.25) is 0 Å². The molecule has 8 heteroatoms. The molecular formula is C21H19BrFNO4S. The van der Waals surface area contributed by atoms with Crippen molar-refractivity contribution in [1.82, 2.24) is 4.90 Å². The summed E-state index contributed by atoms with van der Waals surface area (Å²) < 4.78 is 25.2. The summed E-state index contributed by atoms with van der Waals surface area (Å²) in [5, 5.41) is -0.263. The standard InChI is InChI=1S/C21H19BrFNO4S/c1-3-7-24-20(25)19(29-21(24)26)10-14-9-17(27-2)18(11-16(14)22)28-12-13-5-4-6-15(23)8-13/h4-6,8-11H,3,7,12H2,1-2H3/b19-10+. The van der Waals surface area contributed by atoms with E-state index < -0.39 is 0 Å². The fraction of sp³-hybridized carbons (Fsp3) is 0.238. The van der Waals surface area contributed by atoms with E-state index in [-0.39, 0.29) is 23.6 Å². The third-order valence-electron chi connectivity index (χ3n) is 4.17. The minimum Gasteiger partial charge on any atom is -0.493 e. The summed E-state index contributed by atoms with van der Waals surface area (Å²) in [5.41, 5.74) is 1.37. The van der Waals surface area contributed by atoms with E-state index in [9.17, 15) is 14.0 Å². The van der Waals surface area contributed by atoms with E-state index in [1.165, 1.54) is 24.1 Å². The van der Waals surface area contributed by atoms with Crippen LogP contribution in [0.4, 0.5) is 9.18 Å². The number of rotatable bonds is 7. The summed E-state index contributed by atoms with van der Waals surface area (Å²) in [7, 11) is 1.51. The molecule has 3 rings (SSSR count). The van der Waals surface area contributed by atoms with Gasteiger partial charge in [0.25, 0.3) is 11.1 Å². The highest BCUT2D eigenvalue weighted by atomic mass is 79.9. The molecule has 0 spiro atoms. The lowest BCUT2D eigenvalue weighted by molar-refractivity contribution is -0.122. The minimum absolute atomic E-state index is 0.176. The van der Waals surface area contributed by atoms with Crippen LogP contribution < -0.4 is 9.47 Å². The quantitative estimate of drug-likeness (QED) is 0.482. The van der Waals surface area contributed by atoms with E-state index in [4.69, 9.17) is 9.47 Å². The molecule has 0 aromatic heterocycles. The molecule has 0 N–H and O–H groups in total. The first-order valence-corrected chi connectivity index (χ1v) is 10.5. The third kappa shape index (κ3) is 5.00. The molecule has 29 heavy (non-hydrogen) atoms. The van der Waals surface area contributed by atoms with Crippen molar-refractivity contribution in [2.75, 3.05) is 13.7 Å². The van der Waals surface area contributed by atoms with Crippen molar-refractivity contribution in [3.8, 4) is 11.5 Å². The number of hydrogen-bond donors (Lipinski definition) is 0. The van der Waals surface area contributed by atoms with Crippen LogP contribution in [0.25, 0.3) is 6.08 Å². The van der Waals surface area contributed by atoms with Gasteiger partial charge in [-0.3, -0.25) is 14.5 Å². The second-order valence-electron chi connectivity index (χ2n) is 6.28. The molecule has 2 aromatic carbocycles. The Morgan fingerprint density at radius 3 is 2.69 bits per heavy atom. The maximum atomic E-state index is 13.3. The summed E-state index contributed by atoms with van der Waals surface area (Å²) >= 11 is 4.40. The van der Waals surface area contributed by atoms with Gasteiger partial charge in [0.1, 0.15) is 12.4 Å². The molecule has 0 unspecified atom stereocenters. The lowest BCUT2D eigenvalue weighted by Gasteiger charge is -2.13. The van der Waals surface area contributed by atoms with Crippen molar-refractivity contribution < 1.29 is 23.5 Å². The van der Waals surface area contributed by atoms with Crippen LogP contribution in [-0.4, -0.2) is 29.7 Å². The van der Waals surface area contributed by atoms with Gasteiger partial charge < -0.3 is 9.47 Å². The van der Waals surface area contributed by atoms with Crippen molar-refractivity contribution in [3.63, 3.8) is 0 Å². The molecule has 152 valence electrons. The van der Waals surface area contributed by atoms with Gasteiger partial charge in [0.15, 0.2) is 11.5 Å². The molecule has 0 aliphatic carbocycles. The van der Waals surface area contributed by atoms with Gasteiger partial charge in [-0.15, -0.1) is 0 Å². The second-order valence-corrected chi connectivity index (χ2v) is 8.12. The van der Waals surface area contributed by atoms with Crippen LogP contribution >= 0.6 is 27.7 Å². The highest BCUT2D eigenvalue weighted by Crippen LogP contribution is 2.38. The summed E-state index contributed by atoms with van der Waals surface area (Å²) in [6.07, 6.45) is 2.36. The molecule has 1 aliphatic rings. The van der Waals surface area contributed by atoms with Crippen LogP contribution in [0.3, 0.4) is 0 Å². The number of benzene rings is 2. The topological polar surface area (TPSA) is 55.8 Å². The molecule has 5 nitrogen and oxygen atoms in total. The van der Waals surface area contributed by atoms with Gasteiger partial charge in [0.05, 0.1) is 12.0 Å². The molecule has 0 radical (unpaired) electrons. The number of thioether (sulfide) groups is 1. The number of amides is 2. The molecule has 1 saturated heterocycles. The molecule has 2 aromatic rings. The van der Waals surface area contributed by atoms with E-state index in [0.717, 1.165) is 11.8 Å². The Balaban J connectivity index is 1.83. The Hall–Kier alpha value is -2.32. The molecule has 0 saturated carbocycles. The Morgan fingerprint density at radius 1 is 1.21 bits per heavy atom. The monoisotopic (exact) mass is 479 g/mol. The maximum Gasteiger partial charge on any atom is 0.293 e. The average Bonchev–Trinajstić information content (AvgIpc) is 2.96. The maximum absolute atomic E-state index is 13.3. The number of halogens is 2. The molecule has 2 amide bonds. The van der Waals surface area contributed by atoms with Crippen LogP contribution in [0.5, 0.6) is 11.5 Å². The van der Waals surface area contributed by atoms with E-state index in [2.05, 4.69) is 15.9 Å². The van der Waals surface area contributed by atoms with Crippen LogP contribution in [0.15, 0.2) is 45.8 Å². The van der Waals surface area contributed by atoms with E-state index >= 15 is 0 Å². The lowest BCUT2D eigenvalue weighted by atomic mass is 10.1. The van der Waals surface area contributed by atoms with Crippen molar-refractivity contribution in [3.05, 3.63) is 62.7 Å². The van der Waals surface area contributed by atoms with Gasteiger partial charge in [-0.1, -0.05) is 35.0 Å². The first kappa shape index (κ1) is 21.4. The Bertz CT molecular complexity index is 979. The zero-order valence-electron chi connectivity index (χ0n) is 15.9. The van der Waals surface area contributed by atoms with Gasteiger partial charge in [-0.25, -0.2) is 4.39 Å². The Labute approximate surface area is 181 Å². The summed E-state index contributed by atoms with van der Waals surface area (Å²) in [5.74, 6) is 0.314. The Morgan fingerprint density at radius 2 is 2.00 bits per heavy atom. The van der Waals surface area contributed by atoms with Crippen molar-refractivity contribution in [1.29, 1.82) is 0 Å². The fourth-order valence-electron chi connectivity index (χ4n) is 2.78. The normalized spacial score (nSPS) is 15.3. The molecule has 0 atom stereocenters. The number of imide groups is 1. The fourth-order valence-corrected chi connectivity index (χ4v) is 4.07. The molecule has 0 bridgehead atoms. The van der Waals surface area contributed by atoms with Gasteiger partial charge in [-0.2, -0.15) is 0 Å². The van der Waals surface area contributed by atoms with Crippen molar-refractivity contribution >= 4 is 44.9 Å². The predicted octanol–water partition coefficient (Wildman–Crippen LogP) is 5.62. The number of nitrogens with zero attached hydrogens (tertiary/aromatic N) is 1. The summed E-state index contributed by atoms with van der Waals surface area (Å²) in [4.78, 5) is 26.1. The number of ether oxygens (including phenoxy) is 2. The van der Waals surface area contributed by atoms with Gasteiger partial charge in [-0.05, 0) is 59.7 Å². The summed E-state index contributed by atoms with van der Waals surface area (Å²) in [6, 6.07) is 9.61. The highest BCUT2D eigenvalue weighted by Gasteiger charge is 2.34. The van der Waals surface area contributed by atoms with Gasteiger partial charge in [0, 0.05) is 11.0 Å². The number of carbonyl (C=O) groups is 2. The van der Waals surface area contributed by atoms with E-state index in [1.54, 1.807) is 30.3 Å². The third-order valence-corrected chi connectivity index (χ3v) is 5.77. The number of methoxy groups -OCH3 is 1. The van der Waals surface area contributed by atoms with Gasteiger partial charge >= 0.3 is 0 Å². The van der Waals surface area contributed by atoms with Crippen molar-refractivity contribution in [2.45, 2.75) is 20.0 Å². The predicted molar refractivity (Wildman–Crippen MR) is 114 cm³/mol. The molecule has 1 aliphatic heterocycles.